The topological polar surface area (TPSA) is 34.1 Å². The lowest BCUT2D eigenvalue weighted by Crippen LogP contribution is -2.41. The quantitative estimate of drug-likeness (QED) is 0.655. The highest BCUT2D eigenvalue weighted by Gasteiger charge is 2.37. The van der Waals surface area contributed by atoms with Crippen LogP contribution in [0.15, 0.2) is 35.0 Å². The first-order chi connectivity index (χ1) is 12.0. The summed E-state index contributed by atoms with van der Waals surface area (Å²) in [6.07, 6.45) is 2.11. The molecule has 0 radical (unpaired) electrons. The van der Waals surface area contributed by atoms with Gasteiger partial charge in [0, 0.05) is 13.1 Å². The highest BCUT2D eigenvalue weighted by molar-refractivity contribution is 6.74. The van der Waals surface area contributed by atoms with Crippen molar-refractivity contribution in [2.45, 2.75) is 52.4 Å². The van der Waals surface area contributed by atoms with E-state index in [4.69, 9.17) is 14.2 Å². The second kappa shape index (κ2) is 7.92. The maximum atomic E-state index is 13.6. The molecule has 0 fully saturated rings. The summed E-state index contributed by atoms with van der Waals surface area (Å²) in [5.74, 6) is 0.878. The van der Waals surface area contributed by atoms with Gasteiger partial charge < -0.3 is 14.1 Å². The van der Waals surface area contributed by atoms with Crippen LogP contribution in [0.1, 0.15) is 33.3 Å². The van der Waals surface area contributed by atoms with Crippen LogP contribution in [-0.2, 0) is 11.0 Å². The molecule has 26 heavy (non-hydrogen) atoms. The second-order valence-electron chi connectivity index (χ2n) is 8.25. The van der Waals surface area contributed by atoms with Gasteiger partial charge in [0.2, 0.25) is 0 Å². The fraction of sp³-hybridized carbons (Fsp3) is 0.550. The van der Waals surface area contributed by atoms with Crippen LogP contribution in [0.2, 0.25) is 18.1 Å². The molecular formula is C20H31FN2O2Si. The van der Waals surface area contributed by atoms with Crippen molar-refractivity contribution in [1.82, 2.24) is 4.90 Å². The van der Waals surface area contributed by atoms with Crippen LogP contribution in [0.25, 0.3) is 0 Å². The van der Waals surface area contributed by atoms with Crippen molar-refractivity contribution in [2.24, 2.45) is 4.99 Å². The summed E-state index contributed by atoms with van der Waals surface area (Å²) in [5, 5.41) is 0.189. The zero-order chi connectivity index (χ0) is 19.5. The molecule has 0 aliphatic carbocycles. The minimum atomic E-state index is -1.78. The lowest BCUT2D eigenvalue weighted by Gasteiger charge is -2.36. The number of benzene rings is 1. The van der Waals surface area contributed by atoms with E-state index in [0.29, 0.717) is 13.2 Å². The number of hydrogen-bond acceptors (Lipinski definition) is 4. The molecule has 0 spiro atoms. The van der Waals surface area contributed by atoms with E-state index in [1.165, 1.54) is 13.2 Å². The number of methoxy groups -OCH3 is 1. The zero-order valence-corrected chi connectivity index (χ0v) is 18.0. The van der Waals surface area contributed by atoms with E-state index >= 15 is 0 Å². The third-order valence-electron chi connectivity index (χ3n) is 5.29. The Bertz CT molecular complexity index is 708. The van der Waals surface area contributed by atoms with E-state index in [1.54, 1.807) is 12.1 Å². The molecule has 1 aromatic rings. The third kappa shape index (κ3) is 4.95. The molecular weight excluding hydrogens is 347 g/mol. The molecule has 1 aromatic carbocycles. The van der Waals surface area contributed by atoms with Gasteiger partial charge in [-0.1, -0.05) is 26.8 Å². The minimum Gasteiger partial charge on any atom is -0.494 e. The van der Waals surface area contributed by atoms with E-state index in [1.807, 2.05) is 6.92 Å². The van der Waals surface area contributed by atoms with Gasteiger partial charge in [0.15, 0.2) is 19.9 Å². The molecule has 0 unspecified atom stereocenters. The van der Waals surface area contributed by atoms with E-state index < -0.39 is 8.32 Å². The summed E-state index contributed by atoms with van der Waals surface area (Å²) >= 11 is 0. The molecule has 0 saturated heterocycles. The van der Waals surface area contributed by atoms with Crippen LogP contribution in [0.5, 0.6) is 5.75 Å². The maximum Gasteiger partial charge on any atom is 0.192 e. The monoisotopic (exact) mass is 378 g/mol. The van der Waals surface area contributed by atoms with Gasteiger partial charge >= 0.3 is 0 Å². The van der Waals surface area contributed by atoms with Crippen molar-refractivity contribution < 1.29 is 13.6 Å². The highest BCUT2D eigenvalue weighted by Crippen LogP contribution is 2.36. The molecule has 1 aliphatic rings. The number of aliphatic imine (C=N–C) groups is 1. The number of hydrogen-bond donors (Lipinski definition) is 0. The Morgan fingerprint density at radius 1 is 1.27 bits per heavy atom. The van der Waals surface area contributed by atoms with Gasteiger partial charge in [-0.3, -0.25) is 0 Å². The van der Waals surface area contributed by atoms with Crippen molar-refractivity contribution in [2.75, 3.05) is 20.3 Å². The first-order valence-corrected chi connectivity index (χ1v) is 11.9. The summed E-state index contributed by atoms with van der Waals surface area (Å²) in [6, 6.07) is 4.96. The summed E-state index contributed by atoms with van der Waals surface area (Å²) in [7, 11) is -0.299. The Balaban J connectivity index is 1.99. The summed E-state index contributed by atoms with van der Waals surface area (Å²) in [5.41, 5.74) is 1.98. The predicted octanol–water partition coefficient (Wildman–Crippen LogP) is 4.97. The largest absolute Gasteiger partial charge is 0.494 e. The fourth-order valence-electron chi connectivity index (χ4n) is 2.44. The molecule has 6 heteroatoms. The summed E-state index contributed by atoms with van der Waals surface area (Å²) < 4.78 is 24.9. The van der Waals surface area contributed by atoms with Crippen molar-refractivity contribution in [3.8, 4) is 5.75 Å². The highest BCUT2D eigenvalue weighted by atomic mass is 28.4. The number of rotatable bonds is 6. The average molecular weight is 379 g/mol. The van der Waals surface area contributed by atoms with E-state index in [2.05, 4.69) is 44.8 Å². The van der Waals surface area contributed by atoms with Crippen LogP contribution in [0.4, 0.5) is 4.39 Å². The zero-order valence-electron chi connectivity index (χ0n) is 17.0. The molecule has 0 aromatic heterocycles. The molecule has 0 N–H and O–H groups in total. The molecule has 2 rings (SSSR count). The minimum absolute atomic E-state index is 0.189. The molecule has 1 heterocycles. The Hall–Kier alpha value is -1.66. The molecule has 1 aliphatic heterocycles. The second-order valence-corrected chi connectivity index (χ2v) is 13.1. The van der Waals surface area contributed by atoms with Crippen molar-refractivity contribution in [3.05, 3.63) is 41.4 Å². The van der Waals surface area contributed by atoms with Crippen molar-refractivity contribution in [3.63, 3.8) is 0 Å². The van der Waals surface area contributed by atoms with Gasteiger partial charge in [0.05, 0.1) is 19.4 Å². The first kappa shape index (κ1) is 20.6. The van der Waals surface area contributed by atoms with E-state index in [-0.39, 0.29) is 16.6 Å². The van der Waals surface area contributed by atoms with E-state index in [9.17, 15) is 4.39 Å². The van der Waals surface area contributed by atoms with Gasteiger partial charge in [0.25, 0.3) is 0 Å². The average Bonchev–Trinajstić information content (AvgIpc) is 2.56. The van der Waals surface area contributed by atoms with Gasteiger partial charge in [-0.2, -0.15) is 0 Å². The van der Waals surface area contributed by atoms with Crippen LogP contribution >= 0.6 is 0 Å². The third-order valence-corrected chi connectivity index (χ3v) is 9.76. The van der Waals surface area contributed by atoms with Gasteiger partial charge in [-0.25, -0.2) is 9.38 Å². The fourth-order valence-corrected chi connectivity index (χ4v) is 3.38. The Kier molecular flexibility index (Phi) is 6.29. The van der Waals surface area contributed by atoms with Gasteiger partial charge in [0.1, 0.15) is 5.84 Å². The molecule has 4 nitrogen and oxygen atoms in total. The number of amidine groups is 1. The van der Waals surface area contributed by atoms with Crippen LogP contribution in [-0.4, -0.2) is 39.3 Å². The van der Waals surface area contributed by atoms with Crippen LogP contribution in [0, 0.1) is 5.82 Å². The number of halogens is 1. The SMILES string of the molecule is COc1cc(CN2CC=C(CO[Si](C)(C)C(C)(C)C)N=C2C)ccc1F. The van der Waals surface area contributed by atoms with Crippen molar-refractivity contribution >= 4 is 14.2 Å². The lowest BCUT2D eigenvalue weighted by molar-refractivity contribution is 0.314. The van der Waals surface area contributed by atoms with Crippen LogP contribution < -0.4 is 4.74 Å². The Morgan fingerprint density at radius 2 is 1.96 bits per heavy atom. The predicted molar refractivity (Wildman–Crippen MR) is 108 cm³/mol. The molecule has 144 valence electrons. The number of nitrogens with zero attached hydrogens (tertiary/aromatic N) is 2. The molecule has 0 amide bonds. The Labute approximate surface area is 157 Å². The summed E-state index contributed by atoms with van der Waals surface area (Å²) in [6.45, 7) is 15.2. The van der Waals surface area contributed by atoms with E-state index in [0.717, 1.165) is 23.6 Å². The van der Waals surface area contributed by atoms with Gasteiger partial charge in [-0.05, 0) is 48.8 Å². The normalized spacial score (nSPS) is 15.6. The maximum absolute atomic E-state index is 13.6. The molecule has 0 saturated carbocycles. The molecule has 0 atom stereocenters. The van der Waals surface area contributed by atoms with Crippen molar-refractivity contribution in [1.29, 1.82) is 0 Å². The smallest absolute Gasteiger partial charge is 0.192 e. The van der Waals surface area contributed by atoms with Crippen LogP contribution in [0.3, 0.4) is 0 Å². The molecule has 0 bridgehead atoms. The first-order valence-electron chi connectivity index (χ1n) is 8.99. The van der Waals surface area contributed by atoms with Gasteiger partial charge in [-0.15, -0.1) is 0 Å². The summed E-state index contributed by atoms with van der Waals surface area (Å²) in [4.78, 5) is 6.86. The number of ether oxygens (including phenoxy) is 1. The standard InChI is InChI=1S/C20H31FN2O2Si/c1-15-22-17(14-25-26(6,7)20(2,3)4)10-11-23(15)13-16-8-9-18(21)19(12-16)24-5/h8-10,12H,11,13-14H2,1-7H3. The lowest BCUT2D eigenvalue weighted by atomic mass is 10.2. The Morgan fingerprint density at radius 3 is 2.54 bits per heavy atom.